The molecule has 15 heavy (non-hydrogen) atoms. The summed E-state index contributed by atoms with van der Waals surface area (Å²) >= 11 is 0. The minimum atomic E-state index is -0.730. The molecule has 84 valence electrons. The van der Waals surface area contributed by atoms with Crippen molar-refractivity contribution in [3.05, 3.63) is 0 Å². The standard InChI is InChI=1S/C11H16O4/c1-3-9(13)10(11(14)15-2)7-4-5-8(12)6-7/h7,10H,3-6H2,1-2H3/t7-,10?/m1/s1. The zero-order chi connectivity index (χ0) is 11.4. The van der Waals surface area contributed by atoms with Crippen molar-refractivity contribution >= 4 is 17.5 Å². The summed E-state index contributed by atoms with van der Waals surface area (Å²) in [6.07, 6.45) is 1.76. The predicted molar refractivity (Wildman–Crippen MR) is 53.2 cm³/mol. The van der Waals surface area contributed by atoms with E-state index in [2.05, 4.69) is 4.74 Å². The number of hydrogen-bond acceptors (Lipinski definition) is 4. The van der Waals surface area contributed by atoms with Crippen LogP contribution in [-0.4, -0.2) is 24.6 Å². The summed E-state index contributed by atoms with van der Waals surface area (Å²) < 4.78 is 4.61. The van der Waals surface area contributed by atoms with Gasteiger partial charge in [0.2, 0.25) is 0 Å². The van der Waals surface area contributed by atoms with Gasteiger partial charge in [-0.1, -0.05) is 6.92 Å². The first-order valence-corrected chi connectivity index (χ1v) is 5.22. The summed E-state index contributed by atoms with van der Waals surface area (Å²) in [5.74, 6) is -1.36. The fraction of sp³-hybridized carbons (Fsp3) is 0.727. The number of Topliss-reactive ketones (excluding diaryl/α,β-unsaturated/α-hetero) is 2. The van der Waals surface area contributed by atoms with E-state index in [0.29, 0.717) is 25.7 Å². The average Bonchev–Trinajstić information content (AvgIpc) is 2.64. The largest absolute Gasteiger partial charge is 0.468 e. The van der Waals surface area contributed by atoms with Gasteiger partial charge in [0, 0.05) is 19.3 Å². The lowest BCUT2D eigenvalue weighted by Gasteiger charge is -2.18. The molecule has 0 amide bonds. The number of ether oxygens (including phenoxy) is 1. The van der Waals surface area contributed by atoms with Crippen molar-refractivity contribution < 1.29 is 19.1 Å². The Morgan fingerprint density at radius 1 is 1.53 bits per heavy atom. The molecule has 1 fully saturated rings. The quantitative estimate of drug-likeness (QED) is 0.517. The maximum absolute atomic E-state index is 11.6. The Balaban J connectivity index is 2.76. The third-order valence-electron chi connectivity index (χ3n) is 2.91. The van der Waals surface area contributed by atoms with Crippen LogP contribution >= 0.6 is 0 Å². The summed E-state index contributed by atoms with van der Waals surface area (Å²) in [7, 11) is 1.27. The highest BCUT2D eigenvalue weighted by molar-refractivity contribution is 6.00. The van der Waals surface area contributed by atoms with E-state index in [1.165, 1.54) is 7.11 Å². The molecule has 1 aliphatic carbocycles. The van der Waals surface area contributed by atoms with E-state index >= 15 is 0 Å². The van der Waals surface area contributed by atoms with Gasteiger partial charge in [0.15, 0.2) is 0 Å². The highest BCUT2D eigenvalue weighted by Crippen LogP contribution is 2.31. The van der Waals surface area contributed by atoms with Crippen LogP contribution in [0.15, 0.2) is 0 Å². The van der Waals surface area contributed by atoms with Gasteiger partial charge in [0.1, 0.15) is 17.5 Å². The van der Waals surface area contributed by atoms with Crippen LogP contribution in [0.4, 0.5) is 0 Å². The van der Waals surface area contributed by atoms with Crippen molar-refractivity contribution in [3.63, 3.8) is 0 Å². The van der Waals surface area contributed by atoms with Crippen LogP contribution in [0.25, 0.3) is 0 Å². The Morgan fingerprint density at radius 3 is 2.60 bits per heavy atom. The lowest BCUT2D eigenvalue weighted by molar-refractivity contribution is -0.151. The number of carbonyl (C=O) groups excluding carboxylic acids is 3. The lowest BCUT2D eigenvalue weighted by atomic mass is 9.86. The van der Waals surface area contributed by atoms with E-state index in [1.54, 1.807) is 6.92 Å². The third kappa shape index (κ3) is 2.64. The SMILES string of the molecule is CCC(=O)C(C(=O)OC)[C@@H]1CCC(=O)C1. The zero-order valence-corrected chi connectivity index (χ0v) is 9.12. The topological polar surface area (TPSA) is 60.4 Å². The Labute approximate surface area is 89.0 Å². The fourth-order valence-electron chi connectivity index (χ4n) is 2.06. The molecule has 0 bridgehead atoms. The lowest BCUT2D eigenvalue weighted by Crippen LogP contribution is -2.31. The number of hydrogen-bond donors (Lipinski definition) is 0. The van der Waals surface area contributed by atoms with Crippen molar-refractivity contribution in [2.75, 3.05) is 7.11 Å². The Kier molecular flexibility index (Phi) is 4.00. The van der Waals surface area contributed by atoms with Crippen molar-refractivity contribution in [1.29, 1.82) is 0 Å². The molecule has 0 radical (unpaired) electrons. The minimum absolute atomic E-state index is 0.124. The average molecular weight is 212 g/mol. The number of rotatable bonds is 4. The number of ketones is 2. The van der Waals surface area contributed by atoms with Gasteiger partial charge in [-0.2, -0.15) is 0 Å². The molecule has 1 aliphatic rings. The van der Waals surface area contributed by atoms with Crippen LogP contribution in [0.5, 0.6) is 0 Å². The zero-order valence-electron chi connectivity index (χ0n) is 9.12. The van der Waals surface area contributed by atoms with Gasteiger partial charge in [-0.3, -0.25) is 14.4 Å². The smallest absolute Gasteiger partial charge is 0.316 e. The second-order valence-corrected chi connectivity index (χ2v) is 3.86. The van der Waals surface area contributed by atoms with Gasteiger partial charge < -0.3 is 4.74 Å². The molecule has 1 unspecified atom stereocenters. The Bertz CT molecular complexity index is 266. The molecular weight excluding hydrogens is 196 g/mol. The maximum Gasteiger partial charge on any atom is 0.316 e. The fourth-order valence-corrected chi connectivity index (χ4v) is 2.06. The molecule has 0 aromatic rings. The first-order chi connectivity index (χ1) is 7.10. The van der Waals surface area contributed by atoms with E-state index < -0.39 is 11.9 Å². The molecular formula is C11H16O4. The summed E-state index contributed by atoms with van der Waals surface area (Å²) in [5, 5.41) is 0. The molecule has 4 heteroatoms. The molecule has 0 aromatic heterocycles. The van der Waals surface area contributed by atoms with E-state index in [-0.39, 0.29) is 17.5 Å². The van der Waals surface area contributed by atoms with Crippen LogP contribution in [0.3, 0.4) is 0 Å². The monoisotopic (exact) mass is 212 g/mol. The normalized spacial score (nSPS) is 22.5. The Hall–Kier alpha value is -1.19. The molecule has 0 aliphatic heterocycles. The predicted octanol–water partition coefficient (Wildman–Crippen LogP) is 1.12. The molecule has 0 heterocycles. The number of carbonyl (C=O) groups is 3. The van der Waals surface area contributed by atoms with Crippen LogP contribution < -0.4 is 0 Å². The van der Waals surface area contributed by atoms with E-state index in [9.17, 15) is 14.4 Å². The molecule has 0 N–H and O–H groups in total. The second kappa shape index (κ2) is 5.05. The van der Waals surface area contributed by atoms with Gasteiger partial charge >= 0.3 is 5.97 Å². The van der Waals surface area contributed by atoms with Gasteiger partial charge in [-0.15, -0.1) is 0 Å². The summed E-state index contributed by atoms with van der Waals surface area (Å²) in [6.45, 7) is 1.72. The number of esters is 1. The second-order valence-electron chi connectivity index (χ2n) is 3.86. The van der Waals surface area contributed by atoms with Gasteiger partial charge in [-0.25, -0.2) is 0 Å². The molecule has 1 rings (SSSR count). The van der Waals surface area contributed by atoms with Crippen molar-refractivity contribution in [3.8, 4) is 0 Å². The first kappa shape index (κ1) is 11.9. The van der Waals surface area contributed by atoms with Crippen LogP contribution in [-0.2, 0) is 19.1 Å². The van der Waals surface area contributed by atoms with E-state index in [1.807, 2.05) is 0 Å². The summed E-state index contributed by atoms with van der Waals surface area (Å²) in [4.78, 5) is 34.2. The summed E-state index contributed by atoms with van der Waals surface area (Å²) in [5.41, 5.74) is 0. The van der Waals surface area contributed by atoms with Crippen molar-refractivity contribution in [2.45, 2.75) is 32.6 Å². The van der Waals surface area contributed by atoms with Gasteiger partial charge in [0.05, 0.1) is 7.11 Å². The Morgan fingerprint density at radius 2 is 2.20 bits per heavy atom. The van der Waals surface area contributed by atoms with Gasteiger partial charge in [-0.05, 0) is 12.3 Å². The highest BCUT2D eigenvalue weighted by atomic mass is 16.5. The van der Waals surface area contributed by atoms with Crippen LogP contribution in [0.2, 0.25) is 0 Å². The summed E-state index contributed by atoms with van der Waals surface area (Å²) in [6, 6.07) is 0. The van der Waals surface area contributed by atoms with Crippen molar-refractivity contribution in [1.82, 2.24) is 0 Å². The van der Waals surface area contributed by atoms with E-state index in [4.69, 9.17) is 0 Å². The molecule has 0 spiro atoms. The van der Waals surface area contributed by atoms with Crippen molar-refractivity contribution in [2.24, 2.45) is 11.8 Å². The highest BCUT2D eigenvalue weighted by Gasteiger charge is 2.38. The van der Waals surface area contributed by atoms with Crippen LogP contribution in [0.1, 0.15) is 32.6 Å². The molecule has 0 aromatic carbocycles. The third-order valence-corrected chi connectivity index (χ3v) is 2.91. The van der Waals surface area contributed by atoms with Gasteiger partial charge in [0.25, 0.3) is 0 Å². The minimum Gasteiger partial charge on any atom is -0.468 e. The van der Waals surface area contributed by atoms with Crippen LogP contribution in [0, 0.1) is 11.8 Å². The molecule has 4 nitrogen and oxygen atoms in total. The maximum atomic E-state index is 11.6. The van der Waals surface area contributed by atoms with E-state index in [0.717, 1.165) is 0 Å². The molecule has 0 saturated heterocycles. The molecule has 1 saturated carbocycles. The molecule has 2 atom stereocenters. The first-order valence-electron chi connectivity index (χ1n) is 5.22. The number of methoxy groups -OCH3 is 1.